The predicted octanol–water partition coefficient (Wildman–Crippen LogP) is 3.67. The fraction of sp³-hybridized carbons (Fsp3) is 0.100. The van der Waals surface area contributed by atoms with Crippen LogP contribution in [0.2, 0.25) is 0 Å². The highest BCUT2D eigenvalue weighted by Crippen LogP contribution is 2.33. The van der Waals surface area contributed by atoms with Gasteiger partial charge in [-0.15, -0.1) is 0 Å². The van der Waals surface area contributed by atoms with E-state index in [0.717, 1.165) is 22.2 Å². The van der Waals surface area contributed by atoms with Gasteiger partial charge in [0.15, 0.2) is 12.0 Å². The Kier molecular flexibility index (Phi) is 3.08. The van der Waals surface area contributed by atoms with Gasteiger partial charge < -0.3 is 14.3 Å². The van der Waals surface area contributed by atoms with Gasteiger partial charge in [0.2, 0.25) is 0 Å². The lowest BCUT2D eigenvalue weighted by Gasteiger charge is -2.11. The van der Waals surface area contributed by atoms with Crippen LogP contribution in [0.4, 0.5) is 0 Å². The standard InChI is InChI=1S/C20H15N3O2/c24-19(16-11-22-17-6-2-1-5-14(16)17)15-7-9-23-18(15)12-25-20(23)13-4-3-8-21-10-13/h1-11,20,22H,12H2. The summed E-state index contributed by atoms with van der Waals surface area (Å²) in [7, 11) is 0. The number of pyridine rings is 1. The van der Waals surface area contributed by atoms with Crippen molar-refractivity contribution in [2.45, 2.75) is 12.8 Å². The molecule has 0 saturated carbocycles. The fourth-order valence-electron chi connectivity index (χ4n) is 3.48. The lowest BCUT2D eigenvalue weighted by atomic mass is 10.0. The van der Waals surface area contributed by atoms with Crippen molar-refractivity contribution in [1.82, 2.24) is 14.5 Å². The zero-order valence-corrected chi connectivity index (χ0v) is 13.3. The molecule has 1 aromatic carbocycles. The van der Waals surface area contributed by atoms with E-state index >= 15 is 0 Å². The Balaban J connectivity index is 1.56. The summed E-state index contributed by atoms with van der Waals surface area (Å²) in [5, 5.41) is 0.940. The summed E-state index contributed by atoms with van der Waals surface area (Å²) in [6, 6.07) is 13.6. The van der Waals surface area contributed by atoms with Crippen molar-refractivity contribution in [1.29, 1.82) is 0 Å². The molecular formula is C20H15N3O2. The van der Waals surface area contributed by atoms with Gasteiger partial charge in [0.25, 0.3) is 0 Å². The van der Waals surface area contributed by atoms with Crippen molar-refractivity contribution in [3.63, 3.8) is 0 Å². The van der Waals surface area contributed by atoms with Gasteiger partial charge in [-0.1, -0.05) is 24.3 Å². The molecular weight excluding hydrogens is 314 g/mol. The summed E-state index contributed by atoms with van der Waals surface area (Å²) in [5.74, 6) is 0.0154. The molecule has 1 N–H and O–H groups in total. The van der Waals surface area contributed by atoms with E-state index in [0.29, 0.717) is 17.7 Å². The Morgan fingerprint density at radius 1 is 1.16 bits per heavy atom. The van der Waals surface area contributed by atoms with Crippen LogP contribution in [-0.2, 0) is 11.3 Å². The highest BCUT2D eigenvalue weighted by molar-refractivity contribution is 6.16. The zero-order valence-electron chi connectivity index (χ0n) is 13.3. The molecule has 4 aromatic rings. The molecule has 1 unspecified atom stereocenters. The van der Waals surface area contributed by atoms with Crippen molar-refractivity contribution < 1.29 is 9.53 Å². The number of nitrogens with zero attached hydrogens (tertiary/aromatic N) is 2. The van der Waals surface area contributed by atoms with Gasteiger partial charge in [0, 0.05) is 52.4 Å². The number of ketones is 1. The monoisotopic (exact) mass is 329 g/mol. The Bertz CT molecular complexity index is 1080. The Hall–Kier alpha value is -3.18. The van der Waals surface area contributed by atoms with Gasteiger partial charge in [0.05, 0.1) is 12.3 Å². The number of hydrogen-bond acceptors (Lipinski definition) is 3. The van der Waals surface area contributed by atoms with E-state index in [1.807, 2.05) is 53.2 Å². The molecule has 1 aliphatic rings. The molecule has 3 aromatic heterocycles. The summed E-state index contributed by atoms with van der Waals surface area (Å²) < 4.78 is 7.92. The van der Waals surface area contributed by atoms with Gasteiger partial charge in [-0.2, -0.15) is 0 Å². The quantitative estimate of drug-likeness (QED) is 0.583. The molecule has 5 heteroatoms. The van der Waals surface area contributed by atoms with E-state index < -0.39 is 0 Å². The topological polar surface area (TPSA) is 59.9 Å². The Morgan fingerprint density at radius 3 is 2.96 bits per heavy atom. The third kappa shape index (κ3) is 2.13. The zero-order chi connectivity index (χ0) is 16.8. The van der Waals surface area contributed by atoms with Crippen LogP contribution < -0.4 is 0 Å². The number of nitrogens with one attached hydrogen (secondary N) is 1. The van der Waals surface area contributed by atoms with Crippen LogP contribution in [0.25, 0.3) is 10.9 Å². The summed E-state index contributed by atoms with van der Waals surface area (Å²) in [6.45, 7) is 0.413. The number of aromatic amines is 1. The van der Waals surface area contributed by atoms with E-state index in [4.69, 9.17) is 4.74 Å². The van der Waals surface area contributed by atoms with Crippen molar-refractivity contribution in [2.75, 3.05) is 0 Å². The molecule has 5 rings (SSSR count). The maximum absolute atomic E-state index is 13.1. The average Bonchev–Trinajstić information content (AvgIpc) is 3.36. The molecule has 0 bridgehead atoms. The van der Waals surface area contributed by atoms with Gasteiger partial charge in [-0.3, -0.25) is 9.78 Å². The largest absolute Gasteiger partial charge is 0.360 e. The number of carbonyl (C=O) groups is 1. The molecule has 25 heavy (non-hydrogen) atoms. The molecule has 122 valence electrons. The summed E-state index contributed by atoms with van der Waals surface area (Å²) >= 11 is 0. The maximum Gasteiger partial charge on any atom is 0.197 e. The molecule has 5 nitrogen and oxygen atoms in total. The summed E-state index contributed by atoms with van der Waals surface area (Å²) in [6.07, 6.45) is 7.00. The van der Waals surface area contributed by atoms with Crippen molar-refractivity contribution in [3.05, 3.63) is 89.6 Å². The number of fused-ring (bicyclic) bond motifs is 2. The van der Waals surface area contributed by atoms with E-state index in [1.54, 1.807) is 18.6 Å². The van der Waals surface area contributed by atoms with Crippen molar-refractivity contribution >= 4 is 16.7 Å². The number of carbonyl (C=O) groups excluding carboxylic acids is 1. The first-order chi connectivity index (χ1) is 12.3. The van der Waals surface area contributed by atoms with Crippen LogP contribution in [0.3, 0.4) is 0 Å². The van der Waals surface area contributed by atoms with Gasteiger partial charge in [-0.25, -0.2) is 0 Å². The maximum atomic E-state index is 13.1. The molecule has 1 atom stereocenters. The van der Waals surface area contributed by atoms with Crippen LogP contribution in [0, 0.1) is 0 Å². The van der Waals surface area contributed by atoms with Gasteiger partial charge >= 0.3 is 0 Å². The van der Waals surface area contributed by atoms with E-state index in [1.165, 1.54) is 0 Å². The van der Waals surface area contributed by atoms with Crippen molar-refractivity contribution in [2.24, 2.45) is 0 Å². The second kappa shape index (κ2) is 5.43. The van der Waals surface area contributed by atoms with Crippen LogP contribution in [0.15, 0.2) is 67.3 Å². The number of para-hydroxylation sites is 1. The van der Waals surface area contributed by atoms with Crippen LogP contribution >= 0.6 is 0 Å². The lowest BCUT2D eigenvalue weighted by molar-refractivity contribution is 0.0623. The molecule has 0 fully saturated rings. The van der Waals surface area contributed by atoms with E-state index in [-0.39, 0.29) is 12.0 Å². The lowest BCUT2D eigenvalue weighted by Crippen LogP contribution is -2.06. The number of rotatable bonds is 3. The summed E-state index contributed by atoms with van der Waals surface area (Å²) in [4.78, 5) is 20.4. The molecule has 0 amide bonds. The molecule has 1 aliphatic heterocycles. The number of H-pyrrole nitrogens is 1. The minimum absolute atomic E-state index is 0.0154. The summed E-state index contributed by atoms with van der Waals surface area (Å²) in [5.41, 5.74) is 4.23. The van der Waals surface area contributed by atoms with Gasteiger partial charge in [0.1, 0.15) is 0 Å². The van der Waals surface area contributed by atoms with Crippen molar-refractivity contribution in [3.8, 4) is 0 Å². The highest BCUT2D eigenvalue weighted by atomic mass is 16.5. The first-order valence-corrected chi connectivity index (χ1v) is 8.15. The van der Waals surface area contributed by atoms with Gasteiger partial charge in [-0.05, 0) is 18.2 Å². The number of hydrogen-bond donors (Lipinski definition) is 1. The molecule has 0 saturated heterocycles. The van der Waals surface area contributed by atoms with Crippen LogP contribution in [0.1, 0.15) is 33.4 Å². The van der Waals surface area contributed by atoms with Crippen LogP contribution in [0.5, 0.6) is 0 Å². The third-order valence-electron chi connectivity index (χ3n) is 4.70. The number of benzene rings is 1. The second-order valence-electron chi connectivity index (χ2n) is 6.11. The van der Waals surface area contributed by atoms with E-state index in [9.17, 15) is 4.79 Å². The molecule has 4 heterocycles. The van der Waals surface area contributed by atoms with E-state index in [2.05, 4.69) is 9.97 Å². The van der Waals surface area contributed by atoms with Crippen LogP contribution in [-0.4, -0.2) is 20.3 Å². The third-order valence-corrected chi connectivity index (χ3v) is 4.70. The Labute approximate surface area is 143 Å². The predicted molar refractivity (Wildman–Crippen MR) is 93.3 cm³/mol. The highest BCUT2D eigenvalue weighted by Gasteiger charge is 2.29. The fourth-order valence-corrected chi connectivity index (χ4v) is 3.48. The Morgan fingerprint density at radius 2 is 2.08 bits per heavy atom. The first-order valence-electron chi connectivity index (χ1n) is 8.15. The molecule has 0 radical (unpaired) electrons. The second-order valence-corrected chi connectivity index (χ2v) is 6.11. The minimum atomic E-state index is -0.229. The smallest absolute Gasteiger partial charge is 0.197 e. The number of ether oxygens (including phenoxy) is 1. The average molecular weight is 329 g/mol. The first kappa shape index (κ1) is 14.2. The minimum Gasteiger partial charge on any atom is -0.360 e. The normalized spacial score (nSPS) is 16.2. The number of aromatic nitrogens is 3. The molecule has 0 aliphatic carbocycles. The molecule has 0 spiro atoms. The SMILES string of the molecule is O=C(c1ccn2c1COC2c1cccnc1)c1c[nH]c2ccccc12.